The number of rotatable bonds is 5. The van der Waals surface area contributed by atoms with Crippen molar-refractivity contribution in [1.82, 2.24) is 5.32 Å². The van der Waals surface area contributed by atoms with Gasteiger partial charge in [-0.15, -0.1) is 0 Å². The fourth-order valence-corrected chi connectivity index (χ4v) is 0.837. The highest BCUT2D eigenvalue weighted by Gasteiger charge is 2.17. The van der Waals surface area contributed by atoms with Crippen LogP contribution >= 0.6 is 0 Å². The number of urea groups is 1. The number of unbranched alkanes of at least 4 members (excludes halogenated alkanes) is 1. The van der Waals surface area contributed by atoms with Crippen LogP contribution in [0.1, 0.15) is 26.2 Å². The first-order valence-corrected chi connectivity index (χ1v) is 3.86. The predicted molar refractivity (Wildman–Crippen MR) is 43.7 cm³/mol. The zero-order valence-electron chi connectivity index (χ0n) is 7.04. The summed E-state index contributed by atoms with van der Waals surface area (Å²) in [6.45, 7) is 1.95. The van der Waals surface area contributed by atoms with Gasteiger partial charge in [-0.25, -0.2) is 9.59 Å². The lowest BCUT2D eigenvalue weighted by Gasteiger charge is -2.11. The van der Waals surface area contributed by atoms with Gasteiger partial charge in [0.15, 0.2) is 0 Å². The second-order valence-corrected chi connectivity index (χ2v) is 2.54. The van der Waals surface area contributed by atoms with E-state index in [0.29, 0.717) is 6.42 Å². The maximum absolute atomic E-state index is 10.5. The molecule has 0 aromatic rings. The molecule has 0 aliphatic carbocycles. The molecule has 0 radical (unpaired) electrons. The highest BCUT2D eigenvalue weighted by molar-refractivity contribution is 5.81. The minimum atomic E-state index is -1.04. The predicted octanol–water partition coefficient (Wildman–Crippen LogP) is 0.298. The molecule has 0 bridgehead atoms. The van der Waals surface area contributed by atoms with Crippen LogP contribution < -0.4 is 11.1 Å². The van der Waals surface area contributed by atoms with E-state index in [1.165, 1.54) is 0 Å². The molecule has 0 aromatic heterocycles. The van der Waals surface area contributed by atoms with Gasteiger partial charge in [0.05, 0.1) is 0 Å². The van der Waals surface area contributed by atoms with Crippen molar-refractivity contribution in [2.24, 2.45) is 5.73 Å². The van der Waals surface area contributed by atoms with Crippen molar-refractivity contribution < 1.29 is 14.7 Å². The lowest BCUT2D eigenvalue weighted by atomic mass is 10.1. The Hall–Kier alpha value is -1.26. The second kappa shape index (κ2) is 5.40. The Balaban J connectivity index is 3.87. The van der Waals surface area contributed by atoms with E-state index >= 15 is 0 Å². The van der Waals surface area contributed by atoms with E-state index in [-0.39, 0.29) is 0 Å². The first-order valence-electron chi connectivity index (χ1n) is 3.86. The molecule has 5 heteroatoms. The monoisotopic (exact) mass is 174 g/mol. The summed E-state index contributed by atoms with van der Waals surface area (Å²) >= 11 is 0. The minimum Gasteiger partial charge on any atom is -0.480 e. The van der Waals surface area contributed by atoms with E-state index in [0.717, 1.165) is 12.8 Å². The van der Waals surface area contributed by atoms with E-state index in [2.05, 4.69) is 5.32 Å². The maximum atomic E-state index is 10.5. The Morgan fingerprint density at radius 3 is 2.50 bits per heavy atom. The standard InChI is InChI=1S/C7H14N2O3/c1-2-3-4-5(6(10)11)9-7(8)12/h5H,2-4H2,1H3,(H,10,11)(H3,8,9,12)/t5-/m1/s1. The van der Waals surface area contributed by atoms with Crippen molar-refractivity contribution in [3.63, 3.8) is 0 Å². The molecule has 4 N–H and O–H groups in total. The first-order chi connectivity index (χ1) is 5.57. The maximum Gasteiger partial charge on any atom is 0.326 e. The van der Waals surface area contributed by atoms with Crippen LogP contribution in [0, 0.1) is 0 Å². The van der Waals surface area contributed by atoms with E-state index in [4.69, 9.17) is 10.8 Å². The van der Waals surface area contributed by atoms with Crippen molar-refractivity contribution in [2.75, 3.05) is 0 Å². The van der Waals surface area contributed by atoms with Gasteiger partial charge in [0, 0.05) is 0 Å². The zero-order chi connectivity index (χ0) is 9.56. The fraction of sp³-hybridized carbons (Fsp3) is 0.714. The average molecular weight is 174 g/mol. The molecule has 1 atom stereocenters. The van der Waals surface area contributed by atoms with Crippen LogP contribution in [0.2, 0.25) is 0 Å². The number of carboxylic acid groups (broad SMARTS) is 1. The lowest BCUT2D eigenvalue weighted by molar-refractivity contribution is -0.139. The number of nitrogens with one attached hydrogen (secondary N) is 1. The number of aliphatic carboxylic acids is 1. The molecule has 0 aliphatic rings. The number of carbonyl (C=O) groups excluding carboxylic acids is 1. The molecular weight excluding hydrogens is 160 g/mol. The Bertz CT molecular complexity index is 170. The van der Waals surface area contributed by atoms with Gasteiger partial charge in [-0.2, -0.15) is 0 Å². The summed E-state index contributed by atoms with van der Waals surface area (Å²) in [5, 5.41) is 10.7. The smallest absolute Gasteiger partial charge is 0.326 e. The minimum absolute atomic E-state index is 0.425. The first kappa shape index (κ1) is 10.7. The molecule has 70 valence electrons. The van der Waals surface area contributed by atoms with Crippen molar-refractivity contribution in [1.29, 1.82) is 0 Å². The summed E-state index contributed by atoms with van der Waals surface area (Å²) < 4.78 is 0. The number of primary amides is 1. The van der Waals surface area contributed by atoms with Gasteiger partial charge in [0.25, 0.3) is 0 Å². The Labute approximate surface area is 70.9 Å². The zero-order valence-corrected chi connectivity index (χ0v) is 7.04. The Kier molecular flexibility index (Phi) is 4.83. The average Bonchev–Trinajstić information content (AvgIpc) is 1.96. The molecule has 0 saturated carbocycles. The molecule has 0 heterocycles. The lowest BCUT2D eigenvalue weighted by Crippen LogP contribution is -2.43. The highest BCUT2D eigenvalue weighted by Crippen LogP contribution is 2.00. The van der Waals surface area contributed by atoms with Gasteiger partial charge in [0.1, 0.15) is 6.04 Å². The summed E-state index contributed by atoms with van der Waals surface area (Å²) in [5.41, 5.74) is 4.79. The number of carbonyl (C=O) groups is 2. The third kappa shape index (κ3) is 4.54. The topological polar surface area (TPSA) is 92.4 Å². The number of carboxylic acids is 1. The van der Waals surface area contributed by atoms with Crippen molar-refractivity contribution in [3.8, 4) is 0 Å². The van der Waals surface area contributed by atoms with Crippen molar-refractivity contribution >= 4 is 12.0 Å². The third-order valence-electron chi connectivity index (χ3n) is 1.46. The third-order valence-corrected chi connectivity index (χ3v) is 1.46. The summed E-state index contributed by atoms with van der Waals surface area (Å²) in [7, 11) is 0. The molecular formula is C7H14N2O3. The molecule has 0 saturated heterocycles. The van der Waals surface area contributed by atoms with Crippen LogP contribution in [0.3, 0.4) is 0 Å². The number of amides is 2. The van der Waals surface area contributed by atoms with Gasteiger partial charge in [-0.05, 0) is 6.42 Å². The SMILES string of the molecule is CCCC[C@@H](NC(N)=O)C(=O)O. The molecule has 5 nitrogen and oxygen atoms in total. The fourth-order valence-electron chi connectivity index (χ4n) is 0.837. The van der Waals surface area contributed by atoms with Crippen molar-refractivity contribution in [2.45, 2.75) is 32.2 Å². The number of hydrogen-bond acceptors (Lipinski definition) is 2. The van der Waals surface area contributed by atoms with E-state index in [1.54, 1.807) is 0 Å². The normalized spacial score (nSPS) is 12.1. The molecule has 0 fully saturated rings. The van der Waals surface area contributed by atoms with E-state index in [9.17, 15) is 9.59 Å². The van der Waals surface area contributed by atoms with Crippen LogP contribution in [0.5, 0.6) is 0 Å². The summed E-state index contributed by atoms with van der Waals surface area (Å²) in [4.78, 5) is 20.8. The Morgan fingerprint density at radius 2 is 2.17 bits per heavy atom. The number of hydrogen-bond donors (Lipinski definition) is 3. The van der Waals surface area contributed by atoms with Gasteiger partial charge < -0.3 is 16.2 Å². The molecule has 0 spiro atoms. The van der Waals surface area contributed by atoms with Crippen LogP contribution in [0.25, 0.3) is 0 Å². The van der Waals surface area contributed by atoms with Gasteiger partial charge in [-0.1, -0.05) is 19.8 Å². The Morgan fingerprint density at radius 1 is 1.58 bits per heavy atom. The summed E-state index contributed by atoms with van der Waals surface area (Å²) in [6, 6.07) is -1.64. The molecule has 0 aromatic carbocycles. The second-order valence-electron chi connectivity index (χ2n) is 2.54. The summed E-state index contributed by atoms with van der Waals surface area (Å²) in [5.74, 6) is -1.04. The van der Waals surface area contributed by atoms with Gasteiger partial charge in [-0.3, -0.25) is 0 Å². The van der Waals surface area contributed by atoms with Crippen LogP contribution in [-0.4, -0.2) is 23.1 Å². The molecule has 0 rings (SSSR count). The van der Waals surface area contributed by atoms with Crippen LogP contribution in [0.15, 0.2) is 0 Å². The van der Waals surface area contributed by atoms with Gasteiger partial charge in [0.2, 0.25) is 0 Å². The molecule has 0 aliphatic heterocycles. The molecule has 2 amide bonds. The molecule has 0 unspecified atom stereocenters. The van der Waals surface area contributed by atoms with Crippen LogP contribution in [0.4, 0.5) is 4.79 Å². The molecule has 12 heavy (non-hydrogen) atoms. The largest absolute Gasteiger partial charge is 0.480 e. The van der Waals surface area contributed by atoms with Crippen LogP contribution in [-0.2, 0) is 4.79 Å². The van der Waals surface area contributed by atoms with Crippen molar-refractivity contribution in [3.05, 3.63) is 0 Å². The summed E-state index contributed by atoms with van der Waals surface area (Å²) in [6.07, 6.45) is 2.08. The highest BCUT2D eigenvalue weighted by atomic mass is 16.4. The van der Waals surface area contributed by atoms with E-state index in [1.807, 2.05) is 6.92 Å². The van der Waals surface area contributed by atoms with Gasteiger partial charge >= 0.3 is 12.0 Å². The van der Waals surface area contributed by atoms with E-state index < -0.39 is 18.0 Å². The number of nitrogens with two attached hydrogens (primary N) is 1. The quantitative estimate of drug-likeness (QED) is 0.559.